The average Bonchev–Trinajstić information content (AvgIpc) is 3.72. The molecule has 3 aromatic rings. The van der Waals surface area contributed by atoms with Crippen LogP contribution < -0.4 is 24.8 Å². The normalized spacial score (nSPS) is 28.4. The summed E-state index contributed by atoms with van der Waals surface area (Å²) >= 11 is 2.76. The van der Waals surface area contributed by atoms with Crippen LogP contribution in [0, 0.1) is 29.6 Å². The molecule has 4 aliphatic rings. The van der Waals surface area contributed by atoms with E-state index in [1.807, 2.05) is 18.2 Å². The van der Waals surface area contributed by atoms with E-state index in [1.165, 1.54) is 35.6 Å². The van der Waals surface area contributed by atoms with Crippen LogP contribution in [0.2, 0.25) is 0 Å². The number of aromatic nitrogens is 1. The highest BCUT2D eigenvalue weighted by Gasteiger charge is 2.69. The summed E-state index contributed by atoms with van der Waals surface area (Å²) in [5.74, 6) is -1.59. The van der Waals surface area contributed by atoms with Crippen LogP contribution in [0.5, 0.6) is 11.5 Å². The number of nitrogens with two attached hydrogens (primary N) is 1. The number of primary sulfonamides is 1. The number of benzene rings is 2. The van der Waals surface area contributed by atoms with Crippen LogP contribution in [-0.2, 0) is 24.4 Å². The number of amides is 3. The van der Waals surface area contributed by atoms with Gasteiger partial charge in [0.2, 0.25) is 27.7 Å². The second-order valence-electron chi connectivity index (χ2n) is 11.5. The fraction of sp³-hybridized carbons (Fsp3) is 0.379. The van der Waals surface area contributed by atoms with Crippen LogP contribution in [0.4, 0.5) is 5.69 Å². The smallest absolute Gasteiger partial charge is 0.305 e. The summed E-state index contributed by atoms with van der Waals surface area (Å²) in [4.78, 5) is 57.7. The molecule has 2 aliphatic carbocycles. The number of carbonyl (C=O) groups is 3. The molecule has 3 amide bonds. The van der Waals surface area contributed by atoms with Gasteiger partial charge in [-0.3, -0.25) is 24.1 Å². The zero-order valence-corrected chi connectivity index (χ0v) is 26.0. The van der Waals surface area contributed by atoms with Crippen LogP contribution in [-0.4, -0.2) is 62.0 Å². The van der Waals surface area contributed by atoms with Crippen molar-refractivity contribution in [1.29, 1.82) is 0 Å². The maximum atomic E-state index is 13.8. The fourth-order valence-electron chi connectivity index (χ4n) is 7.73. The van der Waals surface area contributed by atoms with E-state index in [-0.39, 0.29) is 50.5 Å². The largest absolute Gasteiger partial charge is 0.493 e. The number of hydrogen-bond donors (Lipinski definition) is 3. The summed E-state index contributed by atoms with van der Waals surface area (Å²) in [5, 5.41) is 8.55. The maximum Gasteiger partial charge on any atom is 0.305 e. The Balaban J connectivity index is 1.16. The predicted molar refractivity (Wildman–Crippen MR) is 161 cm³/mol. The molecule has 4 N–H and O–H groups in total. The monoisotopic (exact) mass is 656 g/mol. The Kier molecular flexibility index (Phi) is 6.91. The van der Waals surface area contributed by atoms with E-state index >= 15 is 0 Å². The van der Waals surface area contributed by atoms with Crippen molar-refractivity contribution >= 4 is 56.5 Å². The number of methoxy groups -OCH3 is 2. The number of sulfonamides is 1. The van der Waals surface area contributed by atoms with E-state index in [2.05, 4.69) is 10.3 Å². The Morgan fingerprint density at radius 3 is 2.36 bits per heavy atom. The number of thiazole rings is 1. The van der Waals surface area contributed by atoms with Gasteiger partial charge in [-0.15, -0.1) is 11.8 Å². The van der Waals surface area contributed by atoms with E-state index in [9.17, 15) is 27.6 Å². The molecular weight excluding hydrogens is 629 g/mol. The average molecular weight is 657 g/mol. The first-order valence-corrected chi connectivity index (χ1v) is 17.1. The summed E-state index contributed by atoms with van der Waals surface area (Å²) in [6.07, 6.45) is 0.717. The molecule has 2 bridgehead atoms. The van der Waals surface area contributed by atoms with Crippen molar-refractivity contribution in [2.75, 3.05) is 26.1 Å². The van der Waals surface area contributed by atoms with Gasteiger partial charge in [0.05, 0.1) is 36.0 Å². The second-order valence-corrected chi connectivity index (χ2v) is 15.2. The summed E-state index contributed by atoms with van der Waals surface area (Å²) in [6.45, 7) is -0.441. The number of hydrogen-bond acceptors (Lipinski definition) is 10. The van der Waals surface area contributed by atoms with Crippen molar-refractivity contribution in [2.24, 2.45) is 34.7 Å². The van der Waals surface area contributed by atoms with Gasteiger partial charge in [-0.1, -0.05) is 17.4 Å². The minimum absolute atomic E-state index is 0.0000354. The van der Waals surface area contributed by atoms with Gasteiger partial charge in [-0.05, 0) is 66.1 Å². The fourth-order valence-corrected chi connectivity index (χ4v) is 11.1. The first kappa shape index (κ1) is 29.1. The van der Waals surface area contributed by atoms with E-state index in [1.54, 1.807) is 26.0 Å². The molecule has 3 fully saturated rings. The van der Waals surface area contributed by atoms with Gasteiger partial charge in [0.1, 0.15) is 6.54 Å². The van der Waals surface area contributed by atoms with Crippen molar-refractivity contribution in [3.8, 4) is 11.5 Å². The molecule has 12 nitrogen and oxygen atoms in total. The lowest BCUT2D eigenvalue weighted by Crippen LogP contribution is -2.42. The number of imide groups is 1. The molecular formula is C29H28N4O8S3. The lowest BCUT2D eigenvalue weighted by atomic mass is 9.68. The second kappa shape index (κ2) is 10.5. The topological polar surface area (TPSA) is 178 Å². The lowest BCUT2D eigenvalue weighted by Gasteiger charge is -2.43. The quantitative estimate of drug-likeness (QED) is 0.322. The molecule has 2 aliphatic heterocycles. The molecule has 1 aromatic heterocycles. The van der Waals surface area contributed by atoms with Gasteiger partial charge in [0.25, 0.3) is 0 Å². The molecule has 44 heavy (non-hydrogen) atoms. The molecule has 7 unspecified atom stereocenters. The number of thioether (sulfide) groups is 1. The molecule has 1 saturated heterocycles. The van der Waals surface area contributed by atoms with E-state index < -0.39 is 34.3 Å². The van der Waals surface area contributed by atoms with E-state index in [0.29, 0.717) is 23.6 Å². The standard InChI is InChI=1S/C29H28N4O8S3/c1-40-17-8-3-12(9-18(17)41-2)20-21-15-10-16(24(21)42-26-25(20)43-29(37)32-26)23-22(15)27(35)33(28(23)36)11-19(34)31-13-4-6-14(7-5-13)44(30,38)39/h3-9,15-16,20-24H,10-11H2,1-2H3,(H,31,34)(H,32,37)(H2,30,38,39). The van der Waals surface area contributed by atoms with Crippen molar-refractivity contribution in [3.63, 3.8) is 0 Å². The van der Waals surface area contributed by atoms with Gasteiger partial charge in [-0.25, -0.2) is 13.6 Å². The Morgan fingerprint density at radius 1 is 1.02 bits per heavy atom. The van der Waals surface area contributed by atoms with Gasteiger partial charge >= 0.3 is 4.87 Å². The van der Waals surface area contributed by atoms with E-state index in [0.717, 1.165) is 20.4 Å². The van der Waals surface area contributed by atoms with Crippen LogP contribution in [0.1, 0.15) is 22.8 Å². The highest BCUT2D eigenvalue weighted by molar-refractivity contribution is 8.00. The number of likely N-dealkylation sites (tertiary alicyclic amines) is 1. The highest BCUT2D eigenvalue weighted by atomic mass is 32.2. The number of fused-ring (bicyclic) bond motifs is 9. The third-order valence-corrected chi connectivity index (χ3v) is 12.9. The minimum Gasteiger partial charge on any atom is -0.493 e. The molecule has 230 valence electrons. The van der Waals surface area contributed by atoms with Gasteiger partial charge in [-0.2, -0.15) is 0 Å². The van der Waals surface area contributed by atoms with Gasteiger partial charge in [0, 0.05) is 21.7 Å². The number of rotatable bonds is 7. The zero-order chi connectivity index (χ0) is 31.1. The molecule has 2 aromatic carbocycles. The Morgan fingerprint density at radius 2 is 1.70 bits per heavy atom. The Bertz CT molecular complexity index is 1870. The molecule has 7 rings (SSSR count). The summed E-state index contributed by atoms with van der Waals surface area (Å²) in [7, 11) is -0.758. The van der Waals surface area contributed by atoms with Crippen LogP contribution >= 0.6 is 23.1 Å². The Labute approximate surface area is 260 Å². The zero-order valence-electron chi connectivity index (χ0n) is 23.5. The van der Waals surface area contributed by atoms with Crippen molar-refractivity contribution in [2.45, 2.75) is 27.5 Å². The van der Waals surface area contributed by atoms with Crippen LogP contribution in [0.3, 0.4) is 0 Å². The number of ether oxygens (including phenoxy) is 2. The summed E-state index contributed by atoms with van der Waals surface area (Å²) in [5.41, 5.74) is 1.25. The van der Waals surface area contributed by atoms with Gasteiger partial charge < -0.3 is 19.8 Å². The molecule has 2 saturated carbocycles. The first-order valence-electron chi connectivity index (χ1n) is 13.9. The highest BCUT2D eigenvalue weighted by Crippen LogP contribution is 2.68. The predicted octanol–water partition coefficient (Wildman–Crippen LogP) is 2.21. The van der Waals surface area contributed by atoms with Crippen molar-refractivity contribution < 1.29 is 32.3 Å². The summed E-state index contributed by atoms with van der Waals surface area (Å²) < 4.78 is 34.0. The molecule has 7 atom stereocenters. The molecule has 0 spiro atoms. The minimum atomic E-state index is -3.89. The molecule has 15 heteroatoms. The number of nitrogens with one attached hydrogen (secondary N) is 2. The number of H-pyrrole nitrogens is 1. The molecule has 3 heterocycles. The number of nitrogens with zero attached hydrogens (tertiary/aromatic N) is 1. The third kappa shape index (κ3) is 4.47. The lowest BCUT2D eigenvalue weighted by molar-refractivity contribution is -0.143. The SMILES string of the molecule is COc1ccc(C2c3sc(=O)[nH]c3SC3C4CC(C5C(=O)N(CC(=O)Nc6ccc(S(N)(=O)=O)cc6)C(=O)C45)C23)cc1OC. The first-order chi connectivity index (χ1) is 21.0. The maximum absolute atomic E-state index is 13.8. The molecule has 0 radical (unpaired) electrons. The van der Waals surface area contributed by atoms with E-state index in [4.69, 9.17) is 14.6 Å². The number of anilines is 1. The number of aromatic amines is 1. The van der Waals surface area contributed by atoms with Crippen molar-refractivity contribution in [1.82, 2.24) is 9.88 Å². The summed E-state index contributed by atoms with van der Waals surface area (Å²) in [6, 6.07) is 11.0. The van der Waals surface area contributed by atoms with Crippen LogP contribution in [0.25, 0.3) is 0 Å². The Hall–Kier alpha value is -3.66. The van der Waals surface area contributed by atoms with Crippen molar-refractivity contribution in [3.05, 3.63) is 62.6 Å². The third-order valence-electron chi connectivity index (χ3n) is 9.35. The number of carbonyl (C=O) groups excluding carboxylic acids is 3. The van der Waals surface area contributed by atoms with Crippen LogP contribution in [0.15, 0.2) is 57.2 Å². The van der Waals surface area contributed by atoms with Gasteiger partial charge in [0.15, 0.2) is 11.5 Å².